The van der Waals surface area contributed by atoms with Gasteiger partial charge in [0.2, 0.25) is 0 Å². The fraction of sp³-hybridized carbons (Fsp3) is 0.358. The molecule has 2 aliphatic rings. The lowest BCUT2D eigenvalue weighted by Gasteiger charge is -2.44. The molecule has 0 unspecified atom stereocenters. The lowest BCUT2D eigenvalue weighted by atomic mass is 9.98. The second-order valence-electron chi connectivity index (χ2n) is 16.8. The predicted octanol–water partition coefficient (Wildman–Crippen LogP) is 6.78. The van der Waals surface area contributed by atoms with Crippen LogP contribution in [0.25, 0.3) is 10.4 Å². The Morgan fingerprint density at radius 2 is 1.01 bits per heavy atom. The molecule has 0 saturated carbocycles. The van der Waals surface area contributed by atoms with Crippen LogP contribution >= 0.6 is 0 Å². The zero-order valence-corrected chi connectivity index (χ0v) is 38.9. The highest BCUT2D eigenvalue weighted by Crippen LogP contribution is 2.35. The van der Waals surface area contributed by atoms with Crippen molar-refractivity contribution in [2.45, 2.75) is 95.0 Å². The van der Waals surface area contributed by atoms with E-state index in [4.69, 9.17) is 47.4 Å². The van der Waals surface area contributed by atoms with Crippen molar-refractivity contribution in [2.24, 2.45) is 5.11 Å². The van der Waals surface area contributed by atoms with Crippen LogP contribution in [0.1, 0.15) is 34.0 Å². The van der Waals surface area contributed by atoms with E-state index in [9.17, 15) is 20.2 Å². The smallest absolute Gasteiger partial charge is 0.335 e. The van der Waals surface area contributed by atoms with E-state index in [0.717, 1.165) is 32.4 Å². The number of benzene rings is 5. The molecule has 2 saturated heterocycles. The van der Waals surface area contributed by atoms with E-state index >= 15 is 0 Å². The van der Waals surface area contributed by atoms with Crippen molar-refractivity contribution < 1.29 is 52.5 Å². The topological polar surface area (TPSA) is 205 Å². The van der Waals surface area contributed by atoms with Gasteiger partial charge >= 0.3 is 5.69 Å². The lowest BCUT2D eigenvalue weighted by Crippen LogP contribution is -2.61. The van der Waals surface area contributed by atoms with E-state index in [2.05, 4.69) is 10.0 Å². The third-order valence-corrected chi connectivity index (χ3v) is 11.8. The number of aromatic nitrogens is 2. The monoisotopic (exact) mass is 971 g/mol. The average Bonchev–Trinajstić information content (AvgIpc) is 3.75. The number of ether oxygens (including phenoxy) is 10. The molecule has 6 aromatic rings. The van der Waals surface area contributed by atoms with Gasteiger partial charge < -0.3 is 52.5 Å². The Hall–Kier alpha value is -6.35. The number of aliphatic hydroxyl groups is 1. The molecule has 0 bridgehead atoms. The average molecular weight is 972 g/mol. The third-order valence-electron chi connectivity index (χ3n) is 11.8. The number of rotatable bonds is 26. The standard InChI is InChI=1S/C53H57N5O13/c54-56-55-28-43-46(60)48(65-32-41-22-12-4-13-23-41)50(66-33-42-24-14-5-15-25-42)52(71-43)67-34-44-47(68-36-63-30-39-18-8-2-9-19-39)49(69-37-64-31-40-20-10-3-11-21-40)51(70-44)57-27-26-45(59)58(53(57)61)35-62-29-38-16-6-1-7-17-38/h1-27,43-44,46-52,60H,28-37H2/t43-,44+,46-,47+,48+,49+,50+,51+,52-/m0/s1. The molecule has 1 aromatic heterocycles. The Balaban J connectivity index is 1.09. The summed E-state index contributed by atoms with van der Waals surface area (Å²) in [6.07, 6.45) is -8.62. The van der Waals surface area contributed by atoms with Crippen LogP contribution in [-0.4, -0.2) is 90.0 Å². The largest absolute Gasteiger partial charge is 0.388 e. The number of hydrogen-bond donors (Lipinski definition) is 1. The molecule has 0 spiro atoms. The SMILES string of the molecule is [N-]=[N+]=NC[C@@H]1O[C@H](OC[C@H]2O[C@@H](n3ccc(=O)n(COCc4ccccc4)c3=O)[C@H](OCOCc3ccccc3)[C@@H]2OCOCc2ccccc2)[C@H](OCc2ccccc2)[C@H](OCc2ccccc2)[C@H]1O. The Morgan fingerprint density at radius 1 is 0.535 bits per heavy atom. The van der Waals surface area contributed by atoms with Gasteiger partial charge in [0.05, 0.1) is 52.3 Å². The highest BCUT2D eigenvalue weighted by Gasteiger charge is 2.51. The Bertz CT molecular complexity index is 2660. The molecule has 2 fully saturated rings. The fourth-order valence-electron chi connectivity index (χ4n) is 8.22. The van der Waals surface area contributed by atoms with Crippen molar-refractivity contribution in [2.75, 3.05) is 26.7 Å². The minimum absolute atomic E-state index is 0.104. The van der Waals surface area contributed by atoms with E-state index in [0.29, 0.717) is 0 Å². The Kier molecular flexibility index (Phi) is 19.2. The summed E-state index contributed by atoms with van der Waals surface area (Å²) < 4.78 is 65.7. The van der Waals surface area contributed by atoms with Crippen LogP contribution in [0.2, 0.25) is 0 Å². The number of hydrogen-bond acceptors (Lipinski definition) is 14. The highest BCUT2D eigenvalue weighted by atomic mass is 16.7. The quantitative estimate of drug-likeness (QED) is 0.0196. The van der Waals surface area contributed by atoms with E-state index in [1.54, 1.807) is 0 Å². The molecule has 0 aliphatic carbocycles. The molecule has 18 heteroatoms. The molecule has 0 amide bonds. The lowest BCUT2D eigenvalue weighted by molar-refractivity contribution is -0.319. The molecule has 0 radical (unpaired) electrons. The molecule has 71 heavy (non-hydrogen) atoms. The molecule has 372 valence electrons. The van der Waals surface area contributed by atoms with Gasteiger partial charge in [-0.3, -0.25) is 9.36 Å². The summed E-state index contributed by atoms with van der Waals surface area (Å²) in [5.74, 6) is 0. The molecule has 1 N–H and O–H groups in total. The number of aliphatic hydroxyl groups excluding tert-OH is 1. The molecular formula is C53H57N5O13. The van der Waals surface area contributed by atoms with Gasteiger partial charge in [0.25, 0.3) is 5.56 Å². The second-order valence-corrected chi connectivity index (χ2v) is 16.8. The summed E-state index contributed by atoms with van der Waals surface area (Å²) in [7, 11) is 0. The maximum atomic E-state index is 14.4. The van der Waals surface area contributed by atoms with Crippen LogP contribution < -0.4 is 11.2 Å². The molecule has 18 nitrogen and oxygen atoms in total. The van der Waals surface area contributed by atoms with Gasteiger partial charge in [-0.2, -0.15) is 0 Å². The molecule has 5 aromatic carbocycles. The summed E-state index contributed by atoms with van der Waals surface area (Å²) in [6, 6.07) is 48.7. The van der Waals surface area contributed by atoms with Gasteiger partial charge in [-0.25, -0.2) is 9.36 Å². The summed E-state index contributed by atoms with van der Waals surface area (Å²) in [4.78, 5) is 30.5. The van der Waals surface area contributed by atoms with E-state index in [-0.39, 0.29) is 66.5 Å². The summed E-state index contributed by atoms with van der Waals surface area (Å²) in [5.41, 5.74) is 12.4. The number of nitrogens with zero attached hydrogens (tertiary/aromatic N) is 5. The predicted molar refractivity (Wildman–Crippen MR) is 257 cm³/mol. The van der Waals surface area contributed by atoms with Crippen molar-refractivity contribution in [3.05, 3.63) is 223 Å². The van der Waals surface area contributed by atoms with Crippen molar-refractivity contribution in [1.29, 1.82) is 0 Å². The second kappa shape index (κ2) is 26.7. The maximum absolute atomic E-state index is 14.4. The normalized spacial score (nSPS) is 23.0. The molecule has 3 heterocycles. The highest BCUT2D eigenvalue weighted by molar-refractivity contribution is 5.17. The van der Waals surface area contributed by atoms with Gasteiger partial charge in [0.15, 0.2) is 12.5 Å². The van der Waals surface area contributed by atoms with Gasteiger partial charge in [0.1, 0.15) is 56.9 Å². The van der Waals surface area contributed by atoms with Crippen molar-refractivity contribution in [3.63, 3.8) is 0 Å². The van der Waals surface area contributed by atoms with Gasteiger partial charge in [0, 0.05) is 17.2 Å². The molecular weight excluding hydrogens is 915 g/mol. The molecule has 2 aliphatic heterocycles. The summed E-state index contributed by atoms with van der Waals surface area (Å²) >= 11 is 0. The minimum Gasteiger partial charge on any atom is -0.388 e. The van der Waals surface area contributed by atoms with Crippen molar-refractivity contribution in [1.82, 2.24) is 9.13 Å². The van der Waals surface area contributed by atoms with E-state index < -0.39 is 66.5 Å². The Labute approximate surface area is 410 Å². The summed E-state index contributed by atoms with van der Waals surface area (Å²) in [5, 5.41) is 15.5. The van der Waals surface area contributed by atoms with E-state index in [1.807, 2.05) is 152 Å². The van der Waals surface area contributed by atoms with Crippen LogP contribution in [0, 0.1) is 0 Å². The summed E-state index contributed by atoms with van der Waals surface area (Å²) in [6.45, 7) is -0.488. The van der Waals surface area contributed by atoms with Gasteiger partial charge in [-0.15, -0.1) is 0 Å². The first-order valence-electron chi connectivity index (χ1n) is 23.3. The number of azide groups is 1. The van der Waals surface area contributed by atoms with Crippen LogP contribution in [0.15, 0.2) is 179 Å². The zero-order chi connectivity index (χ0) is 49.0. The maximum Gasteiger partial charge on any atom is 0.335 e. The van der Waals surface area contributed by atoms with Gasteiger partial charge in [-0.05, 0) is 33.3 Å². The van der Waals surface area contributed by atoms with Crippen molar-refractivity contribution in [3.8, 4) is 0 Å². The first-order valence-corrected chi connectivity index (χ1v) is 23.3. The first-order chi connectivity index (χ1) is 34.9. The first kappa shape index (κ1) is 51.0. The van der Waals surface area contributed by atoms with Gasteiger partial charge in [-0.1, -0.05) is 157 Å². The Morgan fingerprint density at radius 3 is 1.54 bits per heavy atom. The zero-order valence-electron chi connectivity index (χ0n) is 38.9. The van der Waals surface area contributed by atoms with Crippen LogP contribution in [0.4, 0.5) is 0 Å². The molecule has 8 rings (SSSR count). The van der Waals surface area contributed by atoms with Crippen LogP contribution in [-0.2, 0) is 87.1 Å². The molecule has 9 atom stereocenters. The van der Waals surface area contributed by atoms with Crippen LogP contribution in [0.3, 0.4) is 0 Å². The van der Waals surface area contributed by atoms with Crippen molar-refractivity contribution >= 4 is 0 Å². The third kappa shape index (κ3) is 14.4. The van der Waals surface area contributed by atoms with E-state index in [1.165, 1.54) is 16.8 Å². The fourth-order valence-corrected chi connectivity index (χ4v) is 8.22. The minimum atomic E-state index is -1.30. The van der Waals surface area contributed by atoms with Crippen LogP contribution in [0.5, 0.6) is 0 Å².